The molecule has 0 unspecified atom stereocenters. The third kappa shape index (κ3) is 7.99. The zero-order valence-corrected chi connectivity index (χ0v) is 25.3. The number of nitrogens with zero attached hydrogens (tertiary/aromatic N) is 2. The number of benzene rings is 3. The van der Waals surface area contributed by atoms with Crippen molar-refractivity contribution in [2.75, 3.05) is 17.4 Å². The molecule has 0 aromatic heterocycles. The van der Waals surface area contributed by atoms with Crippen LogP contribution in [0.3, 0.4) is 0 Å². The summed E-state index contributed by atoms with van der Waals surface area (Å²) in [5.41, 5.74) is 1.78. The van der Waals surface area contributed by atoms with Crippen molar-refractivity contribution >= 4 is 50.7 Å². The summed E-state index contributed by atoms with van der Waals surface area (Å²) in [6, 6.07) is 18.9. The first-order valence-electron chi connectivity index (χ1n) is 13.2. The van der Waals surface area contributed by atoms with Gasteiger partial charge in [0.2, 0.25) is 11.8 Å². The van der Waals surface area contributed by atoms with Crippen LogP contribution in [0.4, 0.5) is 5.69 Å². The van der Waals surface area contributed by atoms with Gasteiger partial charge in [0, 0.05) is 23.1 Å². The molecule has 3 aromatic carbocycles. The molecule has 40 heavy (non-hydrogen) atoms. The number of carbonyl (C=O) groups is 2. The van der Waals surface area contributed by atoms with E-state index in [1.54, 1.807) is 54.6 Å². The van der Waals surface area contributed by atoms with Crippen LogP contribution in [-0.4, -0.2) is 44.3 Å². The summed E-state index contributed by atoms with van der Waals surface area (Å²) >= 11 is 12.4. The molecule has 0 saturated heterocycles. The lowest BCUT2D eigenvalue weighted by molar-refractivity contribution is -0.140. The lowest BCUT2D eigenvalue weighted by Gasteiger charge is -2.33. The van der Waals surface area contributed by atoms with Gasteiger partial charge in [-0.25, -0.2) is 8.42 Å². The van der Waals surface area contributed by atoms with E-state index in [0.717, 1.165) is 28.3 Å². The van der Waals surface area contributed by atoms with E-state index in [1.165, 1.54) is 23.1 Å². The third-order valence-electron chi connectivity index (χ3n) is 6.54. The van der Waals surface area contributed by atoms with Gasteiger partial charge in [-0.15, -0.1) is 0 Å². The highest BCUT2D eigenvalue weighted by Crippen LogP contribution is 2.28. The van der Waals surface area contributed by atoms with E-state index in [2.05, 4.69) is 5.32 Å². The molecule has 214 valence electrons. The highest BCUT2D eigenvalue weighted by Gasteiger charge is 2.33. The Hall–Kier alpha value is -3.07. The topological polar surface area (TPSA) is 86.8 Å². The van der Waals surface area contributed by atoms with Gasteiger partial charge >= 0.3 is 0 Å². The van der Waals surface area contributed by atoms with Crippen molar-refractivity contribution in [2.45, 2.75) is 57.5 Å². The van der Waals surface area contributed by atoms with Crippen LogP contribution in [0.1, 0.15) is 44.2 Å². The zero-order valence-electron chi connectivity index (χ0n) is 22.9. The summed E-state index contributed by atoms with van der Waals surface area (Å²) in [5.74, 6) is -0.808. The van der Waals surface area contributed by atoms with Crippen LogP contribution in [0.25, 0.3) is 0 Å². The Kier molecular flexibility index (Phi) is 11.4. The molecule has 2 amide bonds. The molecule has 1 N–H and O–H groups in total. The van der Waals surface area contributed by atoms with E-state index in [0.29, 0.717) is 23.0 Å². The molecule has 0 bridgehead atoms. The average Bonchev–Trinajstić information content (AvgIpc) is 2.94. The van der Waals surface area contributed by atoms with Gasteiger partial charge in [-0.1, -0.05) is 79.9 Å². The Bertz CT molecular complexity index is 1400. The number of rotatable bonds is 13. The number of hydrogen-bond acceptors (Lipinski definition) is 4. The summed E-state index contributed by atoms with van der Waals surface area (Å²) in [7, 11) is -4.15. The van der Waals surface area contributed by atoms with Gasteiger partial charge < -0.3 is 10.2 Å². The number of sulfonamides is 1. The van der Waals surface area contributed by atoms with E-state index in [4.69, 9.17) is 23.2 Å². The Morgan fingerprint density at radius 1 is 0.950 bits per heavy atom. The first kappa shape index (κ1) is 31.5. The monoisotopic (exact) mass is 603 g/mol. The highest BCUT2D eigenvalue weighted by molar-refractivity contribution is 7.92. The van der Waals surface area contributed by atoms with Crippen molar-refractivity contribution in [2.24, 2.45) is 0 Å². The molecule has 0 aliphatic carbocycles. The second kappa shape index (κ2) is 14.5. The van der Waals surface area contributed by atoms with Gasteiger partial charge in [0.1, 0.15) is 12.6 Å². The molecule has 0 spiro atoms. The Morgan fingerprint density at radius 3 is 2.23 bits per heavy atom. The Morgan fingerprint density at radius 2 is 1.62 bits per heavy atom. The summed E-state index contributed by atoms with van der Waals surface area (Å²) in [6.07, 6.45) is 2.07. The Labute approximate surface area is 247 Å². The largest absolute Gasteiger partial charge is 0.354 e. The van der Waals surface area contributed by atoms with Crippen LogP contribution in [0.2, 0.25) is 10.0 Å². The summed E-state index contributed by atoms with van der Waals surface area (Å²) < 4.78 is 28.7. The van der Waals surface area contributed by atoms with E-state index < -0.39 is 28.5 Å². The predicted molar refractivity (Wildman–Crippen MR) is 161 cm³/mol. The molecular formula is C30H35Cl2N3O4S. The molecule has 0 saturated carbocycles. The minimum Gasteiger partial charge on any atom is -0.354 e. The van der Waals surface area contributed by atoms with Crippen molar-refractivity contribution in [1.82, 2.24) is 10.2 Å². The first-order chi connectivity index (χ1) is 19.1. The van der Waals surface area contributed by atoms with Gasteiger partial charge in [-0.3, -0.25) is 13.9 Å². The lowest BCUT2D eigenvalue weighted by Crippen LogP contribution is -2.52. The third-order valence-corrected chi connectivity index (χ3v) is 8.98. The summed E-state index contributed by atoms with van der Waals surface area (Å²) in [6.45, 7) is 5.73. The van der Waals surface area contributed by atoms with Crippen LogP contribution < -0.4 is 9.62 Å². The zero-order chi connectivity index (χ0) is 29.3. The van der Waals surface area contributed by atoms with Crippen LogP contribution in [0.5, 0.6) is 0 Å². The molecule has 0 radical (unpaired) electrons. The maximum absolute atomic E-state index is 14.0. The molecule has 0 aliphatic rings. The maximum atomic E-state index is 14.0. The average molecular weight is 605 g/mol. The SMILES string of the molecule is CCCCNC(=O)[C@@H](CC)N(Cc1ccc(Cl)cc1)C(=O)CN(c1ccc(C)c(Cl)c1)S(=O)(=O)c1ccccc1. The number of amides is 2. The number of hydrogen-bond donors (Lipinski definition) is 1. The van der Waals surface area contributed by atoms with E-state index in [1.807, 2.05) is 20.8 Å². The lowest BCUT2D eigenvalue weighted by atomic mass is 10.1. The number of unbranched alkanes of at least 4 members (excludes halogenated alkanes) is 1. The van der Waals surface area contributed by atoms with E-state index in [-0.39, 0.29) is 23.0 Å². The number of aryl methyl sites for hydroxylation is 1. The fourth-order valence-corrected chi connectivity index (χ4v) is 5.93. The van der Waals surface area contributed by atoms with Crippen molar-refractivity contribution in [3.8, 4) is 0 Å². The molecule has 0 heterocycles. The number of anilines is 1. The van der Waals surface area contributed by atoms with Crippen LogP contribution >= 0.6 is 23.2 Å². The van der Waals surface area contributed by atoms with E-state index in [9.17, 15) is 18.0 Å². The molecule has 1 atom stereocenters. The predicted octanol–water partition coefficient (Wildman–Crippen LogP) is 6.22. The molecule has 3 rings (SSSR count). The van der Waals surface area contributed by atoms with Crippen molar-refractivity contribution in [3.05, 3.63) is 94.0 Å². The minimum absolute atomic E-state index is 0.0353. The van der Waals surface area contributed by atoms with E-state index >= 15 is 0 Å². The minimum atomic E-state index is -4.15. The van der Waals surface area contributed by atoms with Gasteiger partial charge in [0.15, 0.2) is 0 Å². The summed E-state index contributed by atoms with van der Waals surface area (Å²) in [4.78, 5) is 28.7. The van der Waals surface area contributed by atoms with Gasteiger partial charge in [0.25, 0.3) is 10.0 Å². The normalized spacial score (nSPS) is 12.0. The first-order valence-corrected chi connectivity index (χ1v) is 15.4. The number of nitrogens with one attached hydrogen (secondary N) is 1. The van der Waals surface area contributed by atoms with Crippen LogP contribution in [0, 0.1) is 6.92 Å². The van der Waals surface area contributed by atoms with Crippen molar-refractivity contribution < 1.29 is 18.0 Å². The molecule has 0 fully saturated rings. The molecule has 10 heteroatoms. The van der Waals surface area contributed by atoms with Gasteiger partial charge in [0.05, 0.1) is 10.6 Å². The summed E-state index contributed by atoms with van der Waals surface area (Å²) in [5, 5.41) is 3.83. The Balaban J connectivity index is 2.04. The van der Waals surface area contributed by atoms with Crippen molar-refractivity contribution in [3.63, 3.8) is 0 Å². The quantitative estimate of drug-likeness (QED) is 0.235. The number of halogens is 2. The molecule has 7 nitrogen and oxygen atoms in total. The van der Waals surface area contributed by atoms with Crippen molar-refractivity contribution in [1.29, 1.82) is 0 Å². The van der Waals surface area contributed by atoms with Crippen LogP contribution in [0.15, 0.2) is 77.7 Å². The molecular weight excluding hydrogens is 569 g/mol. The fourth-order valence-electron chi connectivity index (χ4n) is 4.20. The second-order valence-electron chi connectivity index (χ2n) is 9.47. The second-order valence-corrected chi connectivity index (χ2v) is 12.2. The van der Waals surface area contributed by atoms with Crippen LogP contribution in [-0.2, 0) is 26.2 Å². The van der Waals surface area contributed by atoms with Gasteiger partial charge in [-0.2, -0.15) is 0 Å². The smallest absolute Gasteiger partial charge is 0.264 e. The highest BCUT2D eigenvalue weighted by atomic mass is 35.5. The number of carbonyl (C=O) groups excluding carboxylic acids is 2. The fraction of sp³-hybridized carbons (Fsp3) is 0.333. The molecule has 3 aromatic rings. The van der Waals surface area contributed by atoms with Gasteiger partial charge in [-0.05, 0) is 67.3 Å². The maximum Gasteiger partial charge on any atom is 0.264 e. The standard InChI is InChI=1S/C30H35Cl2N3O4S/c1-4-6-18-33-30(37)28(5-2)34(20-23-13-15-24(31)16-14-23)29(36)21-35(25-17-12-22(3)27(32)19-25)40(38,39)26-10-8-7-9-11-26/h7-17,19,28H,4-6,18,20-21H2,1-3H3,(H,33,37)/t28-/m1/s1. The molecule has 0 aliphatic heterocycles.